The zero-order valence-electron chi connectivity index (χ0n) is 22.3. The summed E-state index contributed by atoms with van der Waals surface area (Å²) in [5.74, 6) is 0.161. The van der Waals surface area contributed by atoms with Crippen molar-refractivity contribution >= 4 is 28.7 Å². The van der Waals surface area contributed by atoms with Gasteiger partial charge in [0.05, 0.1) is 17.2 Å². The number of halogens is 1. The van der Waals surface area contributed by atoms with Gasteiger partial charge >= 0.3 is 0 Å². The summed E-state index contributed by atoms with van der Waals surface area (Å²) in [6.45, 7) is 7.70. The second-order valence-electron chi connectivity index (χ2n) is 10.8. The van der Waals surface area contributed by atoms with Gasteiger partial charge in [0.1, 0.15) is 11.6 Å². The van der Waals surface area contributed by atoms with E-state index in [1.54, 1.807) is 0 Å². The number of fused-ring (bicyclic) bond motifs is 1. The maximum Gasteiger partial charge on any atom is 0.280 e. The first-order chi connectivity index (χ1) is 18.3. The van der Waals surface area contributed by atoms with Crippen molar-refractivity contribution in [3.05, 3.63) is 53.5 Å². The number of hydrogen-bond acceptors (Lipinski definition) is 5. The predicted octanol–water partition coefficient (Wildman–Crippen LogP) is 3.25. The number of benzene rings is 1. The summed E-state index contributed by atoms with van der Waals surface area (Å²) in [6, 6.07) is 7.69. The second-order valence-corrected chi connectivity index (χ2v) is 10.8. The third kappa shape index (κ3) is 5.65. The van der Waals surface area contributed by atoms with Crippen LogP contribution in [0.4, 0.5) is 10.2 Å². The van der Waals surface area contributed by atoms with Crippen LogP contribution in [0, 0.1) is 11.7 Å². The lowest BCUT2D eigenvalue weighted by Gasteiger charge is -2.33. The average molecular weight is 522 g/mol. The zero-order valence-corrected chi connectivity index (χ0v) is 22.3. The standard InChI is InChI=1S/C28H36FN7O2/c1-18(2)31-26(37)20-6-10-22(11-7-20)36-24-16-25(35-14-12-34(3)13-15-35)30-17-23(24)32-28(36)33-27(38)19-4-8-21(29)9-5-19/h4-5,8-9,16-18,20,22H,6-7,10-15H2,1-3H3,(H,31,37)(H,32,33,38)/t20-,22+. The van der Waals surface area contributed by atoms with Crippen LogP contribution < -0.4 is 15.8 Å². The van der Waals surface area contributed by atoms with E-state index >= 15 is 0 Å². The summed E-state index contributed by atoms with van der Waals surface area (Å²) in [5.41, 5.74) is 2.51. The Morgan fingerprint density at radius 3 is 2.42 bits per heavy atom. The van der Waals surface area contributed by atoms with E-state index in [4.69, 9.17) is 4.98 Å². The Morgan fingerprint density at radius 1 is 1.08 bits per heavy atom. The molecule has 38 heavy (non-hydrogen) atoms. The Bertz CT molecular complexity index is 1360. The van der Waals surface area contributed by atoms with Crippen LogP contribution in [0.25, 0.3) is 11.0 Å². The largest absolute Gasteiger partial charge is 0.354 e. The minimum atomic E-state index is -0.442. The Hall–Kier alpha value is -3.53. The smallest absolute Gasteiger partial charge is 0.280 e. The Kier molecular flexibility index (Phi) is 7.60. The number of carbonyl (C=O) groups is 2. The Morgan fingerprint density at radius 2 is 1.76 bits per heavy atom. The molecule has 5 rings (SSSR count). The van der Waals surface area contributed by atoms with Crippen LogP contribution in [0.5, 0.6) is 0 Å². The molecule has 1 aliphatic carbocycles. The minimum Gasteiger partial charge on any atom is -0.354 e. The molecule has 3 aromatic rings. The monoisotopic (exact) mass is 521 g/mol. The number of anilines is 1. The molecule has 1 saturated heterocycles. The van der Waals surface area contributed by atoms with Gasteiger partial charge < -0.3 is 24.7 Å². The molecule has 1 saturated carbocycles. The fraction of sp³-hybridized carbons (Fsp3) is 0.500. The van der Waals surface area contributed by atoms with Crippen molar-refractivity contribution in [1.82, 2.24) is 24.8 Å². The van der Waals surface area contributed by atoms with Crippen molar-refractivity contribution in [2.24, 2.45) is 10.9 Å². The predicted molar refractivity (Wildman–Crippen MR) is 144 cm³/mol. The highest BCUT2D eigenvalue weighted by molar-refractivity contribution is 5.95. The number of aromatic amines is 1. The van der Waals surface area contributed by atoms with Gasteiger partial charge in [-0.2, -0.15) is 4.99 Å². The number of piperazine rings is 1. The van der Waals surface area contributed by atoms with Crippen LogP contribution in [0.3, 0.4) is 0 Å². The summed E-state index contributed by atoms with van der Waals surface area (Å²) in [5, 5.41) is 3.04. The van der Waals surface area contributed by atoms with E-state index in [1.165, 1.54) is 24.3 Å². The first-order valence-electron chi connectivity index (χ1n) is 13.5. The molecule has 0 bridgehead atoms. The normalized spacial score (nSPS) is 21.3. The van der Waals surface area contributed by atoms with Crippen LogP contribution in [0.1, 0.15) is 55.9 Å². The maximum atomic E-state index is 13.4. The Balaban J connectivity index is 1.50. The lowest BCUT2D eigenvalue weighted by molar-refractivity contribution is -0.126. The van der Waals surface area contributed by atoms with E-state index in [0.717, 1.165) is 68.7 Å². The molecule has 0 spiro atoms. The number of nitrogens with zero attached hydrogens (tertiary/aromatic N) is 5. The summed E-state index contributed by atoms with van der Waals surface area (Å²) in [4.78, 5) is 42.7. The van der Waals surface area contributed by atoms with Crippen molar-refractivity contribution in [2.75, 3.05) is 38.1 Å². The lowest BCUT2D eigenvalue weighted by atomic mass is 9.85. The molecule has 0 unspecified atom stereocenters. The molecule has 1 aliphatic heterocycles. The van der Waals surface area contributed by atoms with Crippen LogP contribution in [0.15, 0.2) is 41.5 Å². The van der Waals surface area contributed by atoms with Crippen molar-refractivity contribution in [1.29, 1.82) is 0 Å². The number of likely N-dealkylation sites (N-methyl/N-ethyl adjacent to an activating group) is 1. The van der Waals surface area contributed by atoms with Crippen LogP contribution in [-0.4, -0.2) is 70.5 Å². The highest BCUT2D eigenvalue weighted by atomic mass is 19.1. The van der Waals surface area contributed by atoms with Gasteiger partial charge in [0.25, 0.3) is 5.91 Å². The van der Waals surface area contributed by atoms with Crippen molar-refractivity contribution in [3.63, 3.8) is 0 Å². The van der Waals surface area contributed by atoms with E-state index in [1.807, 2.05) is 20.0 Å². The Labute approximate surface area is 221 Å². The molecule has 2 aromatic heterocycles. The van der Waals surface area contributed by atoms with Crippen molar-refractivity contribution in [3.8, 4) is 0 Å². The van der Waals surface area contributed by atoms with Gasteiger partial charge in [0.2, 0.25) is 11.5 Å². The number of carbonyl (C=O) groups excluding carboxylic acids is 2. The first-order valence-corrected chi connectivity index (χ1v) is 13.5. The molecular formula is C28H36FN7O2. The zero-order chi connectivity index (χ0) is 26.8. The van der Waals surface area contributed by atoms with Gasteiger partial charge in [-0.15, -0.1) is 0 Å². The summed E-state index contributed by atoms with van der Waals surface area (Å²) in [6.07, 6.45) is 4.94. The number of nitrogens with one attached hydrogen (secondary N) is 2. The molecule has 2 fully saturated rings. The highest BCUT2D eigenvalue weighted by Crippen LogP contribution is 2.34. The van der Waals surface area contributed by atoms with Gasteiger partial charge in [-0.25, -0.2) is 9.37 Å². The number of rotatable bonds is 5. The topological polar surface area (TPSA) is 98.6 Å². The fourth-order valence-electron chi connectivity index (χ4n) is 5.44. The van der Waals surface area contributed by atoms with Crippen LogP contribution in [-0.2, 0) is 4.79 Å². The molecule has 2 N–H and O–H groups in total. The molecular weight excluding hydrogens is 485 g/mol. The van der Waals surface area contributed by atoms with Gasteiger partial charge in [-0.3, -0.25) is 9.59 Å². The highest BCUT2D eigenvalue weighted by Gasteiger charge is 2.29. The number of hydrogen-bond donors (Lipinski definition) is 2. The van der Waals surface area contributed by atoms with E-state index in [-0.39, 0.29) is 23.9 Å². The van der Waals surface area contributed by atoms with Gasteiger partial charge in [-0.1, -0.05) is 0 Å². The summed E-state index contributed by atoms with van der Waals surface area (Å²) < 4.78 is 15.5. The summed E-state index contributed by atoms with van der Waals surface area (Å²) >= 11 is 0. The van der Waals surface area contributed by atoms with E-state index < -0.39 is 11.7 Å². The average Bonchev–Trinajstić information content (AvgIpc) is 3.26. The first kappa shape index (κ1) is 26.1. The van der Waals surface area contributed by atoms with E-state index in [0.29, 0.717) is 11.2 Å². The maximum absolute atomic E-state index is 13.4. The molecule has 2 amide bonds. The molecule has 1 aromatic carbocycles. The van der Waals surface area contributed by atoms with Crippen LogP contribution >= 0.6 is 0 Å². The molecule has 9 nitrogen and oxygen atoms in total. The molecule has 3 heterocycles. The molecule has 202 valence electrons. The number of aromatic nitrogens is 3. The number of H-pyrrole nitrogens is 1. The summed E-state index contributed by atoms with van der Waals surface area (Å²) in [7, 11) is 2.12. The van der Waals surface area contributed by atoms with E-state index in [2.05, 4.69) is 42.8 Å². The second kappa shape index (κ2) is 11.1. The molecule has 0 radical (unpaired) electrons. The van der Waals surface area contributed by atoms with Gasteiger partial charge in [-0.05, 0) is 70.8 Å². The number of pyridine rings is 1. The third-order valence-corrected chi connectivity index (χ3v) is 7.59. The number of imidazole rings is 1. The van der Waals surface area contributed by atoms with Crippen molar-refractivity contribution in [2.45, 2.75) is 51.6 Å². The van der Waals surface area contributed by atoms with E-state index in [9.17, 15) is 14.0 Å². The van der Waals surface area contributed by atoms with Gasteiger partial charge in [0, 0.05) is 55.8 Å². The lowest BCUT2D eigenvalue weighted by Crippen LogP contribution is -2.44. The molecule has 10 heteroatoms. The number of amides is 2. The quantitative estimate of drug-likeness (QED) is 0.537. The molecule has 0 atom stereocenters. The van der Waals surface area contributed by atoms with Crippen molar-refractivity contribution < 1.29 is 14.0 Å². The SMILES string of the molecule is CC(C)NC(=O)[C@H]1CC[C@@H](n2/c(=N/C(=O)c3ccc(F)cc3)[nH]c3cnc(N4CCN(C)CC4)cc32)CC1. The van der Waals surface area contributed by atoms with Gasteiger partial charge in [0.15, 0.2) is 0 Å². The third-order valence-electron chi connectivity index (χ3n) is 7.59. The minimum absolute atomic E-state index is 0.0109. The van der Waals surface area contributed by atoms with Crippen LogP contribution in [0.2, 0.25) is 0 Å². The molecule has 2 aliphatic rings. The fourth-order valence-corrected chi connectivity index (χ4v) is 5.44.